The minimum absolute atomic E-state index is 0.0500. The second-order valence-corrected chi connectivity index (χ2v) is 5.60. The molecule has 1 aromatic heterocycles. The van der Waals surface area contributed by atoms with E-state index in [0.717, 1.165) is 37.8 Å². The molecule has 0 aliphatic heterocycles. The molecule has 0 aliphatic rings. The summed E-state index contributed by atoms with van der Waals surface area (Å²) in [6.45, 7) is 2.12. The lowest BCUT2D eigenvalue weighted by atomic mass is 10.2. The molecule has 0 bridgehead atoms. The molecule has 1 aromatic rings. The van der Waals surface area contributed by atoms with Crippen LogP contribution in [0, 0.1) is 0 Å². The molecule has 0 unspecified atom stereocenters. The summed E-state index contributed by atoms with van der Waals surface area (Å²) in [5, 5.41) is 7.63. The van der Waals surface area contributed by atoms with Crippen molar-refractivity contribution in [3.8, 4) is 0 Å². The molecule has 0 saturated carbocycles. The van der Waals surface area contributed by atoms with E-state index in [0.29, 0.717) is 0 Å². The smallest absolute Gasteiger partial charge is 0.249 e. The van der Waals surface area contributed by atoms with Crippen LogP contribution in [0.15, 0.2) is 5.16 Å². The number of hydrogen-bond acceptors (Lipinski definition) is 4. The lowest BCUT2D eigenvalue weighted by Gasteiger charge is -2.01. The Morgan fingerprint density at radius 1 is 1.27 bits per heavy atom. The van der Waals surface area contributed by atoms with Crippen molar-refractivity contribution in [3.05, 3.63) is 5.82 Å². The van der Waals surface area contributed by atoms with Crippen molar-refractivity contribution in [2.75, 3.05) is 6.26 Å². The Bertz CT molecular complexity index is 423. The van der Waals surface area contributed by atoms with Gasteiger partial charge in [-0.25, -0.2) is 8.42 Å². The number of unbranched alkanes of at least 4 members (excludes halogenated alkanes) is 2. The number of aromatic nitrogens is 3. The second kappa shape index (κ2) is 4.74. The van der Waals surface area contributed by atoms with Crippen LogP contribution in [-0.2, 0) is 23.3 Å². The Labute approximate surface area is 90.4 Å². The standard InChI is InChI=1S/C9H17N3O2S/c1-4-5-6-7-8-10-11-9(12(8)2)15(3,13)14/h4-7H2,1-3H3. The summed E-state index contributed by atoms with van der Waals surface area (Å²) in [5.74, 6) is 0.740. The summed E-state index contributed by atoms with van der Waals surface area (Å²) in [6.07, 6.45) is 5.21. The van der Waals surface area contributed by atoms with Crippen molar-refractivity contribution in [2.45, 2.75) is 37.8 Å². The van der Waals surface area contributed by atoms with Gasteiger partial charge in [-0.05, 0) is 6.42 Å². The minimum atomic E-state index is -3.25. The molecule has 0 spiro atoms. The molecular weight excluding hydrogens is 214 g/mol. The normalized spacial score (nSPS) is 11.9. The maximum Gasteiger partial charge on any atom is 0.249 e. The molecule has 0 radical (unpaired) electrons. The molecule has 86 valence electrons. The van der Waals surface area contributed by atoms with Gasteiger partial charge in [0.2, 0.25) is 15.0 Å². The summed E-state index contributed by atoms with van der Waals surface area (Å²) >= 11 is 0. The van der Waals surface area contributed by atoms with Crippen molar-refractivity contribution < 1.29 is 8.42 Å². The Kier molecular flexibility index (Phi) is 3.84. The van der Waals surface area contributed by atoms with E-state index in [4.69, 9.17) is 0 Å². The maximum absolute atomic E-state index is 11.3. The van der Waals surface area contributed by atoms with E-state index in [1.54, 1.807) is 11.6 Å². The minimum Gasteiger partial charge on any atom is -0.305 e. The predicted octanol–water partition coefficient (Wildman–Crippen LogP) is 0.951. The van der Waals surface area contributed by atoms with E-state index in [-0.39, 0.29) is 5.16 Å². The molecule has 15 heavy (non-hydrogen) atoms. The number of hydrogen-bond donors (Lipinski definition) is 0. The first kappa shape index (κ1) is 12.2. The molecule has 0 saturated heterocycles. The highest BCUT2D eigenvalue weighted by molar-refractivity contribution is 7.90. The van der Waals surface area contributed by atoms with E-state index in [1.165, 1.54) is 0 Å². The zero-order valence-electron chi connectivity index (χ0n) is 9.39. The van der Waals surface area contributed by atoms with Gasteiger partial charge in [-0.15, -0.1) is 10.2 Å². The Balaban J connectivity index is 2.81. The molecule has 5 nitrogen and oxygen atoms in total. The van der Waals surface area contributed by atoms with Gasteiger partial charge in [0.05, 0.1) is 0 Å². The lowest BCUT2D eigenvalue weighted by molar-refractivity contribution is 0.580. The van der Waals surface area contributed by atoms with Gasteiger partial charge in [0.25, 0.3) is 0 Å². The number of nitrogens with zero attached hydrogens (tertiary/aromatic N) is 3. The molecule has 0 amide bonds. The SMILES string of the molecule is CCCCCc1nnc(S(C)(=O)=O)n1C. The Morgan fingerprint density at radius 3 is 2.40 bits per heavy atom. The summed E-state index contributed by atoms with van der Waals surface area (Å²) in [6, 6.07) is 0. The highest BCUT2D eigenvalue weighted by atomic mass is 32.2. The molecule has 0 atom stereocenters. The monoisotopic (exact) mass is 231 g/mol. The molecule has 0 fully saturated rings. The van der Waals surface area contributed by atoms with Gasteiger partial charge in [0, 0.05) is 19.7 Å². The van der Waals surface area contributed by atoms with Crippen molar-refractivity contribution >= 4 is 9.84 Å². The number of aryl methyl sites for hydroxylation is 1. The average Bonchev–Trinajstić information content (AvgIpc) is 2.47. The number of sulfone groups is 1. The second-order valence-electron chi connectivity index (χ2n) is 3.69. The van der Waals surface area contributed by atoms with Gasteiger partial charge in [-0.1, -0.05) is 19.8 Å². The van der Waals surface area contributed by atoms with E-state index in [9.17, 15) is 8.42 Å². The third-order valence-electron chi connectivity index (χ3n) is 2.26. The Morgan fingerprint density at radius 2 is 1.93 bits per heavy atom. The van der Waals surface area contributed by atoms with E-state index >= 15 is 0 Å². The van der Waals surface area contributed by atoms with Crippen molar-refractivity contribution in [2.24, 2.45) is 7.05 Å². The summed E-state index contributed by atoms with van der Waals surface area (Å²) < 4.78 is 24.1. The van der Waals surface area contributed by atoms with E-state index in [1.807, 2.05) is 0 Å². The zero-order chi connectivity index (χ0) is 11.5. The van der Waals surface area contributed by atoms with Crippen molar-refractivity contribution in [1.29, 1.82) is 0 Å². The molecule has 1 heterocycles. The topological polar surface area (TPSA) is 64.8 Å². The fourth-order valence-corrected chi connectivity index (χ4v) is 2.21. The van der Waals surface area contributed by atoms with Crippen LogP contribution in [0.2, 0.25) is 0 Å². The lowest BCUT2D eigenvalue weighted by Crippen LogP contribution is -2.08. The van der Waals surface area contributed by atoms with E-state index in [2.05, 4.69) is 17.1 Å². The van der Waals surface area contributed by atoms with E-state index < -0.39 is 9.84 Å². The van der Waals surface area contributed by atoms with Crippen LogP contribution >= 0.6 is 0 Å². The largest absolute Gasteiger partial charge is 0.305 e. The highest BCUT2D eigenvalue weighted by Crippen LogP contribution is 2.09. The molecule has 0 aliphatic carbocycles. The fraction of sp³-hybridized carbons (Fsp3) is 0.778. The van der Waals surface area contributed by atoms with Gasteiger partial charge in [-0.2, -0.15) is 0 Å². The Hall–Kier alpha value is -0.910. The van der Waals surface area contributed by atoms with Crippen LogP contribution in [0.5, 0.6) is 0 Å². The summed E-state index contributed by atoms with van der Waals surface area (Å²) in [4.78, 5) is 0. The van der Waals surface area contributed by atoms with Gasteiger partial charge < -0.3 is 4.57 Å². The van der Waals surface area contributed by atoms with Crippen LogP contribution in [-0.4, -0.2) is 29.4 Å². The van der Waals surface area contributed by atoms with Gasteiger partial charge >= 0.3 is 0 Å². The maximum atomic E-state index is 11.3. The summed E-state index contributed by atoms with van der Waals surface area (Å²) in [5.41, 5.74) is 0. The molecule has 0 aromatic carbocycles. The van der Waals surface area contributed by atoms with Crippen LogP contribution in [0.4, 0.5) is 0 Å². The van der Waals surface area contributed by atoms with Crippen molar-refractivity contribution in [3.63, 3.8) is 0 Å². The zero-order valence-corrected chi connectivity index (χ0v) is 10.2. The van der Waals surface area contributed by atoms with Crippen LogP contribution in [0.1, 0.15) is 32.0 Å². The molecule has 6 heteroatoms. The van der Waals surface area contributed by atoms with Crippen LogP contribution in [0.3, 0.4) is 0 Å². The highest BCUT2D eigenvalue weighted by Gasteiger charge is 2.17. The molecular formula is C9H17N3O2S. The third-order valence-corrected chi connectivity index (χ3v) is 3.28. The van der Waals surface area contributed by atoms with Crippen LogP contribution < -0.4 is 0 Å². The molecule has 0 N–H and O–H groups in total. The average molecular weight is 231 g/mol. The first-order valence-electron chi connectivity index (χ1n) is 5.05. The molecule has 1 rings (SSSR count). The number of rotatable bonds is 5. The van der Waals surface area contributed by atoms with Gasteiger partial charge in [0.1, 0.15) is 5.82 Å². The first-order chi connectivity index (χ1) is 6.96. The van der Waals surface area contributed by atoms with Crippen molar-refractivity contribution in [1.82, 2.24) is 14.8 Å². The van der Waals surface area contributed by atoms with Gasteiger partial charge in [0.15, 0.2) is 0 Å². The van der Waals surface area contributed by atoms with Crippen LogP contribution in [0.25, 0.3) is 0 Å². The third kappa shape index (κ3) is 3.02. The quantitative estimate of drug-likeness (QED) is 0.708. The fourth-order valence-electron chi connectivity index (χ4n) is 1.42. The summed E-state index contributed by atoms with van der Waals surface area (Å²) in [7, 11) is -1.56. The first-order valence-corrected chi connectivity index (χ1v) is 6.94. The predicted molar refractivity (Wildman–Crippen MR) is 57.3 cm³/mol. The van der Waals surface area contributed by atoms with Gasteiger partial charge in [-0.3, -0.25) is 0 Å².